The van der Waals surface area contributed by atoms with Crippen molar-refractivity contribution in [2.45, 2.75) is 0 Å². The predicted octanol–water partition coefficient (Wildman–Crippen LogP) is 1.79. The molecule has 7 nitrogen and oxygen atoms in total. The van der Waals surface area contributed by atoms with Gasteiger partial charge in [0.15, 0.2) is 11.5 Å². The molecule has 3 aromatic rings. The minimum atomic E-state index is 0.245. The van der Waals surface area contributed by atoms with Crippen molar-refractivity contribution >= 4 is 5.82 Å². The lowest BCUT2D eigenvalue weighted by molar-refractivity contribution is 0.174. The first-order valence-corrected chi connectivity index (χ1v) is 6.46. The van der Waals surface area contributed by atoms with Crippen LogP contribution in [0.2, 0.25) is 0 Å². The number of nitrogens with two attached hydrogens (primary N) is 1. The van der Waals surface area contributed by atoms with E-state index in [9.17, 15) is 0 Å². The Morgan fingerprint density at radius 2 is 2.10 bits per heavy atom. The van der Waals surface area contributed by atoms with Gasteiger partial charge in [-0.2, -0.15) is 10.2 Å². The minimum absolute atomic E-state index is 0.245. The lowest BCUT2D eigenvalue weighted by atomic mass is 10.0. The number of aromatic amines is 1. The van der Waals surface area contributed by atoms with Gasteiger partial charge in [0, 0.05) is 13.2 Å². The molecule has 106 valence electrons. The van der Waals surface area contributed by atoms with Crippen LogP contribution in [0.25, 0.3) is 22.5 Å². The summed E-state index contributed by atoms with van der Waals surface area (Å²) in [6.45, 7) is 0.245. The van der Waals surface area contributed by atoms with Crippen LogP contribution in [-0.2, 0) is 7.05 Å². The Labute approximate surface area is 120 Å². The number of aromatic nitrogens is 4. The van der Waals surface area contributed by atoms with Gasteiger partial charge in [-0.15, -0.1) is 0 Å². The van der Waals surface area contributed by atoms with Gasteiger partial charge < -0.3 is 15.2 Å². The molecule has 4 rings (SSSR count). The summed E-state index contributed by atoms with van der Waals surface area (Å²) in [6, 6.07) is 7.59. The van der Waals surface area contributed by atoms with E-state index in [1.807, 2.05) is 31.3 Å². The number of aryl methyl sites for hydroxylation is 1. The average Bonchev–Trinajstić information content (AvgIpc) is 3.20. The van der Waals surface area contributed by atoms with Crippen molar-refractivity contribution in [3.05, 3.63) is 30.5 Å². The zero-order valence-corrected chi connectivity index (χ0v) is 11.3. The van der Waals surface area contributed by atoms with E-state index in [1.165, 1.54) is 0 Å². The number of nitrogen functional groups attached to an aromatic ring is 1. The van der Waals surface area contributed by atoms with Gasteiger partial charge in [0.1, 0.15) is 11.5 Å². The number of rotatable bonds is 2. The molecule has 0 bridgehead atoms. The highest BCUT2D eigenvalue weighted by atomic mass is 16.7. The molecule has 0 radical (unpaired) electrons. The van der Waals surface area contributed by atoms with Crippen molar-refractivity contribution in [2.24, 2.45) is 7.05 Å². The van der Waals surface area contributed by atoms with Crippen LogP contribution in [0.5, 0.6) is 11.5 Å². The van der Waals surface area contributed by atoms with Crippen molar-refractivity contribution in [1.82, 2.24) is 20.0 Å². The molecular weight excluding hydrogens is 270 g/mol. The Morgan fingerprint density at radius 1 is 1.24 bits per heavy atom. The number of nitrogens with one attached hydrogen (secondary N) is 1. The highest BCUT2D eigenvalue weighted by Crippen LogP contribution is 2.40. The third-order valence-electron chi connectivity index (χ3n) is 3.51. The van der Waals surface area contributed by atoms with Gasteiger partial charge in [-0.25, -0.2) is 0 Å². The van der Waals surface area contributed by atoms with Crippen LogP contribution in [0.3, 0.4) is 0 Å². The van der Waals surface area contributed by atoms with E-state index in [2.05, 4.69) is 15.3 Å². The van der Waals surface area contributed by atoms with E-state index in [0.717, 1.165) is 28.3 Å². The monoisotopic (exact) mass is 283 g/mol. The second-order valence-electron chi connectivity index (χ2n) is 4.77. The molecule has 7 heteroatoms. The number of H-pyrrole nitrogens is 1. The summed E-state index contributed by atoms with van der Waals surface area (Å²) in [5.74, 6) is 2.04. The van der Waals surface area contributed by atoms with Crippen LogP contribution in [0.15, 0.2) is 30.5 Å². The average molecular weight is 283 g/mol. The molecule has 3 heterocycles. The Hall–Kier alpha value is -2.96. The summed E-state index contributed by atoms with van der Waals surface area (Å²) in [7, 11) is 1.81. The summed E-state index contributed by atoms with van der Waals surface area (Å²) in [6.07, 6.45) is 1.68. The lowest BCUT2D eigenvalue weighted by Gasteiger charge is -2.04. The second kappa shape index (κ2) is 4.27. The number of anilines is 1. The van der Waals surface area contributed by atoms with Gasteiger partial charge >= 0.3 is 0 Å². The maximum absolute atomic E-state index is 6.18. The molecule has 1 aromatic carbocycles. The molecule has 2 aromatic heterocycles. The molecule has 21 heavy (non-hydrogen) atoms. The van der Waals surface area contributed by atoms with Crippen molar-refractivity contribution in [1.29, 1.82) is 0 Å². The molecule has 0 aliphatic carbocycles. The van der Waals surface area contributed by atoms with Gasteiger partial charge in [-0.3, -0.25) is 9.78 Å². The predicted molar refractivity (Wildman–Crippen MR) is 76.8 cm³/mol. The summed E-state index contributed by atoms with van der Waals surface area (Å²) in [4.78, 5) is 0. The highest BCUT2D eigenvalue weighted by Gasteiger charge is 2.21. The maximum Gasteiger partial charge on any atom is 0.231 e. The summed E-state index contributed by atoms with van der Waals surface area (Å²) < 4.78 is 12.4. The van der Waals surface area contributed by atoms with Crippen molar-refractivity contribution in [3.63, 3.8) is 0 Å². The summed E-state index contributed by atoms with van der Waals surface area (Å²) in [5, 5.41) is 11.4. The molecular formula is C14H13N5O2. The first-order valence-electron chi connectivity index (χ1n) is 6.46. The number of hydrogen-bond acceptors (Lipinski definition) is 5. The number of hydrogen-bond donors (Lipinski definition) is 2. The van der Waals surface area contributed by atoms with Crippen LogP contribution in [-0.4, -0.2) is 26.8 Å². The van der Waals surface area contributed by atoms with Gasteiger partial charge in [0.25, 0.3) is 0 Å². The van der Waals surface area contributed by atoms with Crippen molar-refractivity contribution in [2.75, 3.05) is 12.5 Å². The second-order valence-corrected chi connectivity index (χ2v) is 4.77. The fourth-order valence-electron chi connectivity index (χ4n) is 2.45. The Morgan fingerprint density at radius 3 is 2.90 bits per heavy atom. The maximum atomic E-state index is 6.18. The highest BCUT2D eigenvalue weighted by molar-refractivity contribution is 5.87. The first kappa shape index (κ1) is 11.8. The van der Waals surface area contributed by atoms with E-state index < -0.39 is 0 Å². The normalized spacial score (nSPS) is 12.8. The molecule has 0 saturated carbocycles. The van der Waals surface area contributed by atoms with E-state index in [0.29, 0.717) is 11.6 Å². The zero-order chi connectivity index (χ0) is 14.4. The van der Waals surface area contributed by atoms with Gasteiger partial charge in [-0.1, -0.05) is 6.07 Å². The number of ether oxygens (including phenoxy) is 2. The third-order valence-corrected chi connectivity index (χ3v) is 3.51. The van der Waals surface area contributed by atoms with Crippen LogP contribution < -0.4 is 15.2 Å². The number of fused-ring (bicyclic) bond motifs is 1. The van der Waals surface area contributed by atoms with Crippen LogP contribution in [0, 0.1) is 0 Å². The smallest absolute Gasteiger partial charge is 0.231 e. The van der Waals surface area contributed by atoms with Gasteiger partial charge in [-0.05, 0) is 23.8 Å². The molecule has 0 saturated heterocycles. The number of nitrogens with zero attached hydrogens (tertiary/aromatic N) is 3. The van der Waals surface area contributed by atoms with Gasteiger partial charge in [0.2, 0.25) is 6.79 Å². The first-order chi connectivity index (χ1) is 10.2. The van der Waals surface area contributed by atoms with Crippen LogP contribution in [0.1, 0.15) is 0 Å². The fraction of sp³-hybridized carbons (Fsp3) is 0.143. The largest absolute Gasteiger partial charge is 0.454 e. The Kier molecular flexibility index (Phi) is 2.41. The van der Waals surface area contributed by atoms with Crippen molar-refractivity contribution < 1.29 is 9.47 Å². The Balaban J connectivity index is 1.92. The van der Waals surface area contributed by atoms with Crippen LogP contribution in [0.4, 0.5) is 5.82 Å². The topological polar surface area (TPSA) is 91.0 Å². The summed E-state index contributed by atoms with van der Waals surface area (Å²) in [5.41, 5.74) is 9.52. The van der Waals surface area contributed by atoms with Crippen LogP contribution >= 0.6 is 0 Å². The standard InChI is InChI=1S/C14H13N5O2/c1-19-14(15)12(13(18-19)9-4-5-16-17-9)8-2-3-10-11(6-8)21-7-20-10/h2-6H,7,15H2,1H3,(H,16,17). The number of benzene rings is 1. The fourth-order valence-corrected chi connectivity index (χ4v) is 2.45. The van der Waals surface area contributed by atoms with Gasteiger partial charge in [0.05, 0.1) is 11.3 Å². The zero-order valence-electron chi connectivity index (χ0n) is 11.3. The molecule has 0 unspecified atom stereocenters. The molecule has 1 aliphatic rings. The Bertz CT molecular complexity index is 807. The molecule has 0 atom stereocenters. The molecule has 0 spiro atoms. The van der Waals surface area contributed by atoms with Crippen molar-refractivity contribution in [3.8, 4) is 34.0 Å². The quantitative estimate of drug-likeness (QED) is 0.748. The minimum Gasteiger partial charge on any atom is -0.454 e. The molecule has 1 aliphatic heterocycles. The molecule has 0 amide bonds. The summed E-state index contributed by atoms with van der Waals surface area (Å²) >= 11 is 0. The lowest BCUT2D eigenvalue weighted by Crippen LogP contribution is -1.98. The third kappa shape index (κ3) is 1.74. The molecule has 0 fully saturated rings. The van der Waals surface area contributed by atoms with E-state index in [-0.39, 0.29) is 6.79 Å². The van der Waals surface area contributed by atoms with E-state index >= 15 is 0 Å². The van der Waals surface area contributed by atoms with E-state index in [1.54, 1.807) is 10.9 Å². The SMILES string of the molecule is Cn1nc(-c2ccn[nH]2)c(-c2ccc3c(c2)OCO3)c1N. The molecule has 3 N–H and O–H groups in total. The van der Waals surface area contributed by atoms with E-state index in [4.69, 9.17) is 15.2 Å².